The van der Waals surface area contributed by atoms with E-state index in [0.29, 0.717) is 41.7 Å². The largest absolute Gasteiger partial charge is 0.466 e. The molecule has 31 heavy (non-hydrogen) atoms. The molecule has 0 amide bonds. The van der Waals surface area contributed by atoms with Gasteiger partial charge in [0.15, 0.2) is 0 Å². The van der Waals surface area contributed by atoms with E-state index in [2.05, 4.69) is 10.3 Å². The van der Waals surface area contributed by atoms with Crippen molar-refractivity contribution in [2.45, 2.75) is 26.7 Å². The highest BCUT2D eigenvalue weighted by Crippen LogP contribution is 2.33. The zero-order valence-corrected chi connectivity index (χ0v) is 17.6. The van der Waals surface area contributed by atoms with Crippen LogP contribution in [0.1, 0.15) is 42.7 Å². The van der Waals surface area contributed by atoms with Gasteiger partial charge in [-0.25, -0.2) is 9.36 Å². The molecule has 8 nitrogen and oxygen atoms in total. The second-order valence-electron chi connectivity index (χ2n) is 6.68. The number of nitrogens with one attached hydrogen (secondary N) is 1. The zero-order valence-electron chi connectivity index (χ0n) is 17.6. The first-order valence-corrected chi connectivity index (χ1v) is 10.2. The Morgan fingerprint density at radius 3 is 2.42 bits per heavy atom. The number of para-hydroxylation sites is 1. The summed E-state index contributed by atoms with van der Waals surface area (Å²) in [7, 11) is 0. The average Bonchev–Trinajstić information content (AvgIpc) is 3.11. The van der Waals surface area contributed by atoms with Crippen molar-refractivity contribution < 1.29 is 23.9 Å². The predicted octanol–water partition coefficient (Wildman–Crippen LogP) is 4.03. The molecule has 2 heterocycles. The highest BCUT2D eigenvalue weighted by molar-refractivity contribution is 6.19. The third kappa shape index (κ3) is 4.91. The van der Waals surface area contributed by atoms with Crippen LogP contribution in [0, 0.1) is 0 Å². The molecule has 0 radical (unpaired) electrons. The number of rotatable bonds is 9. The third-order valence-electron chi connectivity index (χ3n) is 4.65. The van der Waals surface area contributed by atoms with E-state index in [9.17, 15) is 14.4 Å². The topological polar surface area (TPSA) is 99.5 Å². The highest BCUT2D eigenvalue weighted by atomic mass is 16.5. The first-order valence-electron chi connectivity index (χ1n) is 10.2. The molecule has 8 heteroatoms. The minimum absolute atomic E-state index is 0.177. The Labute approximate surface area is 180 Å². The SMILES string of the molecule is CCOC(=O)CCCNc1c(C(=O)c2ccncc2)n(C(=O)OCC)c2ccccc12. The molecule has 1 aromatic carbocycles. The first kappa shape index (κ1) is 22.0. The zero-order chi connectivity index (χ0) is 22.2. The number of pyridine rings is 1. The van der Waals surface area contributed by atoms with Crippen LogP contribution in [0.15, 0.2) is 48.8 Å². The number of ketones is 1. The average molecular weight is 423 g/mol. The molecule has 0 spiro atoms. The fourth-order valence-electron chi connectivity index (χ4n) is 3.33. The Bertz CT molecular complexity index is 1080. The monoisotopic (exact) mass is 423 g/mol. The number of aromatic nitrogens is 2. The molecule has 0 aliphatic rings. The minimum Gasteiger partial charge on any atom is -0.466 e. The van der Waals surface area contributed by atoms with E-state index in [-0.39, 0.29) is 30.5 Å². The summed E-state index contributed by atoms with van der Waals surface area (Å²) in [4.78, 5) is 41.8. The first-order chi connectivity index (χ1) is 15.1. The lowest BCUT2D eigenvalue weighted by Crippen LogP contribution is -2.20. The number of benzene rings is 1. The molecule has 0 saturated heterocycles. The maximum absolute atomic E-state index is 13.4. The summed E-state index contributed by atoms with van der Waals surface area (Å²) in [5.41, 5.74) is 1.67. The molecular formula is C23H25N3O5. The Balaban J connectivity index is 2.03. The smallest absolute Gasteiger partial charge is 0.419 e. The molecule has 3 aromatic rings. The summed E-state index contributed by atoms with van der Waals surface area (Å²) >= 11 is 0. The maximum Gasteiger partial charge on any atom is 0.419 e. The van der Waals surface area contributed by atoms with Crippen LogP contribution < -0.4 is 5.32 Å². The van der Waals surface area contributed by atoms with Crippen LogP contribution in [-0.4, -0.2) is 47.2 Å². The van der Waals surface area contributed by atoms with Gasteiger partial charge in [-0.3, -0.25) is 14.6 Å². The van der Waals surface area contributed by atoms with Gasteiger partial charge in [0.2, 0.25) is 5.78 Å². The Kier molecular flexibility index (Phi) is 7.37. The maximum atomic E-state index is 13.4. The van der Waals surface area contributed by atoms with Crippen molar-refractivity contribution in [1.82, 2.24) is 9.55 Å². The summed E-state index contributed by atoms with van der Waals surface area (Å²) < 4.78 is 11.5. The van der Waals surface area contributed by atoms with Gasteiger partial charge in [-0.2, -0.15) is 0 Å². The van der Waals surface area contributed by atoms with Crippen molar-refractivity contribution in [2.24, 2.45) is 0 Å². The fourth-order valence-corrected chi connectivity index (χ4v) is 3.33. The lowest BCUT2D eigenvalue weighted by atomic mass is 10.1. The van der Waals surface area contributed by atoms with E-state index in [0.717, 1.165) is 0 Å². The molecule has 0 saturated carbocycles. The van der Waals surface area contributed by atoms with Gasteiger partial charge in [0.25, 0.3) is 0 Å². The lowest BCUT2D eigenvalue weighted by Gasteiger charge is -2.11. The number of hydrogen-bond acceptors (Lipinski definition) is 7. The molecule has 0 bridgehead atoms. The molecule has 0 fully saturated rings. The van der Waals surface area contributed by atoms with E-state index in [4.69, 9.17) is 9.47 Å². The number of ether oxygens (including phenoxy) is 2. The normalized spacial score (nSPS) is 10.6. The van der Waals surface area contributed by atoms with Crippen LogP contribution in [0.5, 0.6) is 0 Å². The standard InChI is InChI=1S/C23H25N3O5/c1-3-30-19(27)10-7-13-25-20-17-8-5-6-9-18(17)26(23(29)31-4-2)21(20)22(28)16-11-14-24-15-12-16/h5-6,8-9,11-12,14-15,25H,3-4,7,10,13H2,1-2H3. The number of carbonyl (C=O) groups is 3. The molecular weight excluding hydrogens is 398 g/mol. The quantitative estimate of drug-likeness (QED) is 0.315. The van der Waals surface area contributed by atoms with E-state index in [1.54, 1.807) is 38.1 Å². The summed E-state index contributed by atoms with van der Waals surface area (Å²) in [6.45, 7) is 4.41. The number of carbonyl (C=O) groups excluding carboxylic acids is 3. The van der Waals surface area contributed by atoms with Crippen molar-refractivity contribution in [1.29, 1.82) is 0 Å². The van der Waals surface area contributed by atoms with Gasteiger partial charge in [-0.15, -0.1) is 0 Å². The van der Waals surface area contributed by atoms with Crippen LogP contribution in [0.25, 0.3) is 10.9 Å². The van der Waals surface area contributed by atoms with E-state index >= 15 is 0 Å². The second kappa shape index (κ2) is 10.4. The van der Waals surface area contributed by atoms with Crippen LogP contribution in [0.4, 0.5) is 10.5 Å². The minimum atomic E-state index is -0.629. The van der Waals surface area contributed by atoms with Crippen molar-refractivity contribution in [3.63, 3.8) is 0 Å². The van der Waals surface area contributed by atoms with Crippen molar-refractivity contribution in [2.75, 3.05) is 25.1 Å². The molecule has 162 valence electrons. The summed E-state index contributed by atoms with van der Waals surface area (Å²) in [5, 5.41) is 3.96. The molecule has 0 atom stereocenters. The van der Waals surface area contributed by atoms with Gasteiger partial charge in [-0.1, -0.05) is 18.2 Å². The van der Waals surface area contributed by atoms with Gasteiger partial charge >= 0.3 is 12.1 Å². The molecule has 2 aromatic heterocycles. The van der Waals surface area contributed by atoms with Crippen molar-refractivity contribution >= 4 is 34.4 Å². The molecule has 0 aliphatic heterocycles. The number of anilines is 1. The molecule has 1 N–H and O–H groups in total. The van der Waals surface area contributed by atoms with Gasteiger partial charge in [0, 0.05) is 36.3 Å². The summed E-state index contributed by atoms with van der Waals surface area (Å²) in [6, 6.07) is 10.4. The van der Waals surface area contributed by atoms with Crippen molar-refractivity contribution in [3.8, 4) is 0 Å². The number of esters is 1. The highest BCUT2D eigenvalue weighted by Gasteiger charge is 2.27. The molecule has 3 rings (SSSR count). The van der Waals surface area contributed by atoms with Crippen molar-refractivity contribution in [3.05, 3.63) is 60.0 Å². The van der Waals surface area contributed by atoms with Crippen LogP contribution in [0.3, 0.4) is 0 Å². The Morgan fingerprint density at radius 1 is 1.00 bits per heavy atom. The number of nitrogens with zero attached hydrogens (tertiary/aromatic N) is 2. The van der Waals surface area contributed by atoms with E-state index < -0.39 is 6.09 Å². The Hall–Kier alpha value is -3.68. The van der Waals surface area contributed by atoms with E-state index in [1.165, 1.54) is 17.0 Å². The molecule has 0 unspecified atom stereocenters. The Morgan fingerprint density at radius 2 is 1.71 bits per heavy atom. The van der Waals surface area contributed by atoms with Gasteiger partial charge < -0.3 is 14.8 Å². The summed E-state index contributed by atoms with van der Waals surface area (Å²) in [5.74, 6) is -0.606. The molecule has 0 aliphatic carbocycles. The fraction of sp³-hybridized carbons (Fsp3) is 0.304. The second-order valence-corrected chi connectivity index (χ2v) is 6.68. The van der Waals surface area contributed by atoms with Crippen LogP contribution in [-0.2, 0) is 14.3 Å². The summed E-state index contributed by atoms with van der Waals surface area (Å²) in [6.07, 6.45) is 3.19. The van der Waals surface area contributed by atoms with Gasteiger partial charge in [0.05, 0.1) is 24.4 Å². The van der Waals surface area contributed by atoms with Crippen LogP contribution in [0.2, 0.25) is 0 Å². The van der Waals surface area contributed by atoms with Gasteiger partial charge in [-0.05, 0) is 38.5 Å². The van der Waals surface area contributed by atoms with E-state index in [1.807, 2.05) is 12.1 Å². The van der Waals surface area contributed by atoms with Crippen LogP contribution >= 0.6 is 0 Å². The lowest BCUT2D eigenvalue weighted by molar-refractivity contribution is -0.143. The third-order valence-corrected chi connectivity index (χ3v) is 4.65. The predicted molar refractivity (Wildman–Crippen MR) is 116 cm³/mol. The van der Waals surface area contributed by atoms with Gasteiger partial charge in [0.1, 0.15) is 5.69 Å². The number of hydrogen-bond donors (Lipinski definition) is 1. The number of fused-ring (bicyclic) bond motifs is 1.